The van der Waals surface area contributed by atoms with Crippen LogP contribution < -0.4 is 5.32 Å². The molecular formula is C13H18N2O3. The third kappa shape index (κ3) is 2.32. The number of hydroxylamine groups is 2. The van der Waals surface area contributed by atoms with Gasteiger partial charge in [0.1, 0.15) is 11.4 Å². The van der Waals surface area contributed by atoms with E-state index in [9.17, 15) is 9.90 Å². The average molecular weight is 250 g/mol. The smallest absolute Gasteiger partial charge is 0.265 e. The van der Waals surface area contributed by atoms with Crippen molar-refractivity contribution in [1.29, 1.82) is 0 Å². The Bertz CT molecular complexity index is 442. The number of phenolic OH excluding ortho intramolecular Hbond substituents is 1. The zero-order chi connectivity index (χ0) is 13.3. The molecular weight excluding hydrogens is 232 g/mol. The largest absolute Gasteiger partial charge is 0.508 e. The molecule has 0 saturated carbocycles. The van der Waals surface area contributed by atoms with Gasteiger partial charge in [0.15, 0.2) is 0 Å². The van der Waals surface area contributed by atoms with Crippen molar-refractivity contribution in [2.75, 3.05) is 7.11 Å². The second kappa shape index (κ2) is 4.59. The van der Waals surface area contributed by atoms with E-state index < -0.39 is 5.66 Å². The van der Waals surface area contributed by atoms with Gasteiger partial charge in [0.25, 0.3) is 5.91 Å². The number of amides is 1. The van der Waals surface area contributed by atoms with Gasteiger partial charge in [-0.3, -0.25) is 14.9 Å². The minimum Gasteiger partial charge on any atom is -0.508 e. The number of hydrogen-bond donors (Lipinski definition) is 2. The molecule has 1 heterocycles. The molecule has 1 aromatic carbocycles. The lowest BCUT2D eigenvalue weighted by Gasteiger charge is -2.28. The van der Waals surface area contributed by atoms with Gasteiger partial charge in [-0.2, -0.15) is 0 Å². The Morgan fingerprint density at radius 3 is 2.50 bits per heavy atom. The zero-order valence-electron chi connectivity index (χ0n) is 10.8. The van der Waals surface area contributed by atoms with Crippen LogP contribution in [0.15, 0.2) is 24.3 Å². The molecule has 1 saturated heterocycles. The fraction of sp³-hybridized carbons (Fsp3) is 0.462. The van der Waals surface area contributed by atoms with Crippen molar-refractivity contribution in [2.24, 2.45) is 0 Å². The Labute approximate surface area is 106 Å². The summed E-state index contributed by atoms with van der Waals surface area (Å²) in [6.07, 6.45) is 0.572. The second-order valence-electron chi connectivity index (χ2n) is 4.94. The lowest BCUT2D eigenvalue weighted by atomic mass is 10.1. The Kier molecular flexibility index (Phi) is 3.28. The molecule has 0 aromatic heterocycles. The lowest BCUT2D eigenvalue weighted by Crippen LogP contribution is -2.46. The highest BCUT2D eigenvalue weighted by Crippen LogP contribution is 2.23. The molecule has 1 amide bonds. The van der Waals surface area contributed by atoms with Crippen molar-refractivity contribution in [3.05, 3.63) is 29.8 Å². The average Bonchev–Trinajstić information content (AvgIpc) is 2.52. The summed E-state index contributed by atoms with van der Waals surface area (Å²) < 4.78 is 0. The third-order valence-corrected chi connectivity index (χ3v) is 3.09. The van der Waals surface area contributed by atoms with E-state index in [2.05, 4.69) is 5.32 Å². The third-order valence-electron chi connectivity index (χ3n) is 3.09. The number of carbonyl (C=O) groups excluding carboxylic acids is 1. The first-order chi connectivity index (χ1) is 8.44. The first kappa shape index (κ1) is 12.9. The monoisotopic (exact) mass is 250 g/mol. The SMILES string of the molecule is CON1C(=O)[C@H](Cc2ccc(O)cc2)NC1(C)C. The van der Waals surface area contributed by atoms with Gasteiger partial charge in [0.05, 0.1) is 13.2 Å². The molecule has 0 bridgehead atoms. The highest BCUT2D eigenvalue weighted by molar-refractivity contribution is 5.84. The summed E-state index contributed by atoms with van der Waals surface area (Å²) in [7, 11) is 1.49. The highest BCUT2D eigenvalue weighted by Gasteiger charge is 2.44. The van der Waals surface area contributed by atoms with E-state index in [0.29, 0.717) is 6.42 Å². The van der Waals surface area contributed by atoms with Crippen LogP contribution in [-0.4, -0.2) is 34.9 Å². The molecule has 0 aliphatic carbocycles. The summed E-state index contributed by atoms with van der Waals surface area (Å²) in [6.45, 7) is 3.79. The van der Waals surface area contributed by atoms with Crippen molar-refractivity contribution >= 4 is 5.91 Å². The maximum atomic E-state index is 12.1. The first-order valence-electron chi connectivity index (χ1n) is 5.88. The van der Waals surface area contributed by atoms with Gasteiger partial charge in [0, 0.05) is 0 Å². The van der Waals surface area contributed by atoms with E-state index in [-0.39, 0.29) is 17.7 Å². The van der Waals surface area contributed by atoms with Gasteiger partial charge >= 0.3 is 0 Å². The van der Waals surface area contributed by atoms with Gasteiger partial charge in [-0.05, 0) is 38.0 Å². The molecule has 1 atom stereocenters. The summed E-state index contributed by atoms with van der Waals surface area (Å²) in [4.78, 5) is 17.2. The number of nitrogens with one attached hydrogen (secondary N) is 1. The highest BCUT2D eigenvalue weighted by atomic mass is 16.7. The van der Waals surface area contributed by atoms with Crippen LogP contribution in [0.25, 0.3) is 0 Å². The number of rotatable bonds is 3. The molecule has 2 rings (SSSR count). The molecule has 0 unspecified atom stereocenters. The van der Waals surface area contributed by atoms with E-state index in [1.807, 2.05) is 26.0 Å². The summed E-state index contributed by atoms with van der Waals surface area (Å²) in [5.74, 6) is 0.152. The molecule has 98 valence electrons. The fourth-order valence-electron chi connectivity index (χ4n) is 2.29. The van der Waals surface area contributed by atoms with E-state index in [0.717, 1.165) is 5.56 Å². The van der Waals surface area contributed by atoms with Gasteiger partial charge in [-0.1, -0.05) is 12.1 Å². The van der Waals surface area contributed by atoms with E-state index in [1.165, 1.54) is 12.2 Å². The number of phenols is 1. The summed E-state index contributed by atoms with van der Waals surface area (Å²) in [6, 6.07) is 6.56. The Hall–Kier alpha value is -1.59. The number of hydrogen-bond acceptors (Lipinski definition) is 4. The normalized spacial score (nSPS) is 22.5. The summed E-state index contributed by atoms with van der Waals surface area (Å²) in [5, 5.41) is 13.8. The van der Waals surface area contributed by atoms with E-state index >= 15 is 0 Å². The predicted molar refractivity (Wildman–Crippen MR) is 66.7 cm³/mol. The fourth-order valence-corrected chi connectivity index (χ4v) is 2.29. The van der Waals surface area contributed by atoms with E-state index in [1.54, 1.807) is 12.1 Å². The van der Waals surface area contributed by atoms with Crippen molar-refractivity contribution < 1.29 is 14.7 Å². The molecule has 1 fully saturated rings. The van der Waals surface area contributed by atoms with Crippen LogP contribution in [0.3, 0.4) is 0 Å². The molecule has 5 heteroatoms. The van der Waals surface area contributed by atoms with Crippen molar-refractivity contribution in [2.45, 2.75) is 32.0 Å². The molecule has 18 heavy (non-hydrogen) atoms. The number of nitrogens with zero attached hydrogens (tertiary/aromatic N) is 1. The first-order valence-corrected chi connectivity index (χ1v) is 5.88. The Morgan fingerprint density at radius 1 is 1.39 bits per heavy atom. The second-order valence-corrected chi connectivity index (χ2v) is 4.94. The molecule has 0 spiro atoms. The van der Waals surface area contributed by atoms with Crippen molar-refractivity contribution in [3.63, 3.8) is 0 Å². The van der Waals surface area contributed by atoms with Crippen LogP contribution in [0.2, 0.25) is 0 Å². The summed E-state index contributed by atoms with van der Waals surface area (Å²) in [5.41, 5.74) is 0.486. The van der Waals surface area contributed by atoms with Crippen molar-refractivity contribution in [3.8, 4) is 5.75 Å². The molecule has 1 aliphatic rings. The molecule has 1 aliphatic heterocycles. The van der Waals surface area contributed by atoms with Crippen molar-refractivity contribution in [1.82, 2.24) is 10.4 Å². The number of carbonyl (C=O) groups is 1. The topological polar surface area (TPSA) is 61.8 Å². The Morgan fingerprint density at radius 2 is 2.00 bits per heavy atom. The number of benzene rings is 1. The van der Waals surface area contributed by atoms with E-state index in [4.69, 9.17) is 4.84 Å². The van der Waals surface area contributed by atoms with Crippen LogP contribution in [0.5, 0.6) is 5.75 Å². The minimum atomic E-state index is -0.507. The standard InChI is InChI=1S/C13H18N2O3/c1-13(2)14-11(12(17)15(13)18-3)8-9-4-6-10(16)7-5-9/h4-7,11,14,16H,8H2,1-3H3/t11-/m0/s1. The van der Waals surface area contributed by atoms with Gasteiger partial charge in [-0.15, -0.1) is 0 Å². The predicted octanol–water partition coefficient (Wildman–Crippen LogP) is 1.03. The molecule has 2 N–H and O–H groups in total. The molecule has 0 radical (unpaired) electrons. The number of aromatic hydroxyl groups is 1. The van der Waals surface area contributed by atoms with Gasteiger partial charge < -0.3 is 5.11 Å². The maximum absolute atomic E-state index is 12.1. The minimum absolute atomic E-state index is 0.0735. The van der Waals surface area contributed by atoms with Gasteiger partial charge in [0.2, 0.25) is 0 Å². The van der Waals surface area contributed by atoms with Crippen LogP contribution in [-0.2, 0) is 16.1 Å². The van der Waals surface area contributed by atoms with Crippen LogP contribution in [0.1, 0.15) is 19.4 Å². The molecule has 1 aromatic rings. The summed E-state index contributed by atoms with van der Waals surface area (Å²) >= 11 is 0. The van der Waals surface area contributed by atoms with Gasteiger partial charge in [-0.25, -0.2) is 5.06 Å². The van der Waals surface area contributed by atoms with Crippen LogP contribution in [0.4, 0.5) is 0 Å². The Balaban J connectivity index is 2.11. The molecule has 5 nitrogen and oxygen atoms in total. The van der Waals surface area contributed by atoms with Crippen LogP contribution in [0, 0.1) is 0 Å². The van der Waals surface area contributed by atoms with Crippen LogP contribution >= 0.6 is 0 Å². The zero-order valence-corrected chi connectivity index (χ0v) is 10.8. The quantitative estimate of drug-likeness (QED) is 0.841. The maximum Gasteiger partial charge on any atom is 0.265 e. The lowest BCUT2D eigenvalue weighted by molar-refractivity contribution is -0.192.